The molecule has 0 aliphatic heterocycles. The lowest BCUT2D eigenvalue weighted by Crippen LogP contribution is -2.15. The van der Waals surface area contributed by atoms with Crippen molar-refractivity contribution in [3.05, 3.63) is 40.5 Å². The number of benzene rings is 1. The molecule has 0 radical (unpaired) electrons. The van der Waals surface area contributed by atoms with Crippen molar-refractivity contribution >= 4 is 23.1 Å². The molecule has 1 amide bonds. The fourth-order valence-electron chi connectivity index (χ4n) is 2.05. The van der Waals surface area contributed by atoms with E-state index in [0.29, 0.717) is 5.82 Å². The van der Waals surface area contributed by atoms with E-state index < -0.39 is 5.91 Å². The lowest BCUT2D eigenvalue weighted by molar-refractivity contribution is 0.101. The Bertz CT molecular complexity index is 807. The van der Waals surface area contributed by atoms with Gasteiger partial charge >= 0.3 is 0 Å². The lowest BCUT2D eigenvalue weighted by Gasteiger charge is -2.05. The van der Waals surface area contributed by atoms with Gasteiger partial charge in [-0.1, -0.05) is 43.7 Å². The maximum atomic E-state index is 12.1. The summed E-state index contributed by atoms with van der Waals surface area (Å²) in [6.45, 7) is 6.18. The van der Waals surface area contributed by atoms with Crippen molar-refractivity contribution in [2.45, 2.75) is 26.7 Å². The van der Waals surface area contributed by atoms with Crippen molar-refractivity contribution in [1.29, 1.82) is 0 Å². The van der Waals surface area contributed by atoms with Gasteiger partial charge in [-0.05, 0) is 23.3 Å². The topological polar surface area (TPSA) is 96.5 Å². The van der Waals surface area contributed by atoms with Gasteiger partial charge in [0.25, 0.3) is 5.91 Å². The molecule has 0 aliphatic rings. The molecule has 0 bridgehead atoms. The molecule has 0 saturated heterocycles. The number of amides is 1. The van der Waals surface area contributed by atoms with E-state index in [2.05, 4.69) is 44.8 Å². The lowest BCUT2D eigenvalue weighted by atomic mass is 10.1. The average Bonchev–Trinajstić information content (AvgIpc) is 3.17. The van der Waals surface area contributed by atoms with Crippen LogP contribution < -0.4 is 5.32 Å². The van der Waals surface area contributed by atoms with E-state index in [4.69, 9.17) is 0 Å². The summed E-state index contributed by atoms with van der Waals surface area (Å²) in [5.74, 6) is 0.457. The highest BCUT2D eigenvalue weighted by Gasteiger charge is 2.19. The summed E-state index contributed by atoms with van der Waals surface area (Å²) in [4.78, 5) is 17.7. The SMILES string of the molecule is Cc1ccc(-c2nc(NC(=O)c3nnn[nH]3)c(C(C)C)s2)cc1. The summed E-state index contributed by atoms with van der Waals surface area (Å²) in [7, 11) is 0. The molecule has 7 nitrogen and oxygen atoms in total. The van der Waals surface area contributed by atoms with E-state index in [1.54, 1.807) is 11.3 Å². The molecule has 3 aromatic rings. The standard InChI is InChI=1S/C15H16N6OS/c1-8(2)11-12(16-14(22)13-18-20-21-19-13)17-15(23-11)10-6-4-9(3)5-7-10/h4-8H,1-3H3,(H,16,22)(H,18,19,20,21). The van der Waals surface area contributed by atoms with Crippen molar-refractivity contribution in [1.82, 2.24) is 25.6 Å². The molecule has 0 atom stereocenters. The molecule has 2 heterocycles. The Hall–Kier alpha value is -2.61. The summed E-state index contributed by atoms with van der Waals surface area (Å²) in [5.41, 5.74) is 2.23. The number of rotatable bonds is 4. The quantitative estimate of drug-likeness (QED) is 0.767. The minimum atomic E-state index is -0.405. The average molecular weight is 328 g/mol. The second kappa shape index (κ2) is 6.25. The number of carbonyl (C=O) groups is 1. The molecule has 3 rings (SSSR count). The first-order valence-electron chi connectivity index (χ1n) is 7.17. The van der Waals surface area contributed by atoms with Gasteiger partial charge in [0.05, 0.1) is 4.88 Å². The number of hydrogen-bond acceptors (Lipinski definition) is 6. The Morgan fingerprint density at radius 2 is 2.00 bits per heavy atom. The smallest absolute Gasteiger partial charge is 0.296 e. The van der Waals surface area contributed by atoms with Crippen LogP contribution >= 0.6 is 11.3 Å². The van der Waals surface area contributed by atoms with Crippen LogP contribution in [0.4, 0.5) is 5.82 Å². The van der Waals surface area contributed by atoms with E-state index >= 15 is 0 Å². The first-order valence-corrected chi connectivity index (χ1v) is 7.99. The minimum absolute atomic E-state index is 0.0598. The fourth-order valence-corrected chi connectivity index (χ4v) is 3.08. The third-order valence-electron chi connectivity index (χ3n) is 3.27. The van der Waals surface area contributed by atoms with Crippen LogP contribution in [-0.2, 0) is 0 Å². The highest BCUT2D eigenvalue weighted by atomic mass is 32.1. The maximum Gasteiger partial charge on any atom is 0.296 e. The van der Waals surface area contributed by atoms with Gasteiger partial charge in [-0.15, -0.1) is 16.4 Å². The summed E-state index contributed by atoms with van der Waals surface area (Å²) >= 11 is 1.58. The number of carbonyl (C=O) groups excluding carboxylic acids is 1. The number of aromatic amines is 1. The molecule has 2 N–H and O–H groups in total. The molecule has 2 aromatic heterocycles. The normalized spacial score (nSPS) is 11.0. The zero-order valence-electron chi connectivity index (χ0n) is 13.0. The summed E-state index contributed by atoms with van der Waals surface area (Å²) in [6, 6.07) is 8.16. The van der Waals surface area contributed by atoms with E-state index in [1.165, 1.54) is 5.56 Å². The molecule has 0 unspecified atom stereocenters. The van der Waals surface area contributed by atoms with Crippen LogP contribution in [0.3, 0.4) is 0 Å². The summed E-state index contributed by atoms with van der Waals surface area (Å²) in [5, 5.41) is 16.5. The van der Waals surface area contributed by atoms with Crippen molar-refractivity contribution in [2.24, 2.45) is 0 Å². The number of H-pyrrole nitrogens is 1. The van der Waals surface area contributed by atoms with Crippen molar-refractivity contribution in [3.8, 4) is 10.6 Å². The predicted molar refractivity (Wildman–Crippen MR) is 88.5 cm³/mol. The number of hydrogen-bond donors (Lipinski definition) is 2. The van der Waals surface area contributed by atoms with Crippen LogP contribution in [0.15, 0.2) is 24.3 Å². The molecule has 0 fully saturated rings. The van der Waals surface area contributed by atoms with Crippen molar-refractivity contribution in [3.63, 3.8) is 0 Å². The Balaban J connectivity index is 1.93. The molecule has 23 heavy (non-hydrogen) atoms. The summed E-state index contributed by atoms with van der Waals surface area (Å²) in [6.07, 6.45) is 0. The Labute approximate surface area is 137 Å². The molecular formula is C15H16N6OS. The van der Waals surface area contributed by atoms with Crippen LogP contribution in [-0.4, -0.2) is 31.5 Å². The van der Waals surface area contributed by atoms with Crippen LogP contribution in [0.5, 0.6) is 0 Å². The molecule has 0 aliphatic carbocycles. The van der Waals surface area contributed by atoms with Gasteiger partial charge in [0.2, 0.25) is 5.82 Å². The monoisotopic (exact) mass is 328 g/mol. The van der Waals surface area contributed by atoms with Gasteiger partial charge in [-0.3, -0.25) is 4.79 Å². The van der Waals surface area contributed by atoms with E-state index in [1.807, 2.05) is 31.2 Å². The van der Waals surface area contributed by atoms with Gasteiger partial charge in [0.1, 0.15) is 10.8 Å². The molecule has 8 heteroatoms. The van der Waals surface area contributed by atoms with Crippen LogP contribution in [0.1, 0.15) is 40.8 Å². The van der Waals surface area contributed by atoms with Crippen LogP contribution in [0.25, 0.3) is 10.6 Å². The maximum absolute atomic E-state index is 12.1. The zero-order chi connectivity index (χ0) is 16.4. The number of aromatic nitrogens is 5. The highest BCUT2D eigenvalue weighted by Crippen LogP contribution is 2.35. The number of anilines is 1. The van der Waals surface area contributed by atoms with Gasteiger partial charge in [-0.25, -0.2) is 10.1 Å². The molecule has 0 saturated carbocycles. The van der Waals surface area contributed by atoms with Gasteiger partial charge in [0, 0.05) is 5.56 Å². The van der Waals surface area contributed by atoms with Crippen LogP contribution in [0, 0.1) is 6.92 Å². The Morgan fingerprint density at radius 3 is 2.61 bits per heavy atom. The van der Waals surface area contributed by atoms with Gasteiger partial charge in [0.15, 0.2) is 0 Å². The van der Waals surface area contributed by atoms with Crippen molar-refractivity contribution in [2.75, 3.05) is 5.32 Å². The molecule has 0 spiro atoms. The first-order chi connectivity index (χ1) is 11.0. The van der Waals surface area contributed by atoms with Gasteiger partial charge in [-0.2, -0.15) is 0 Å². The number of nitrogens with zero attached hydrogens (tertiary/aromatic N) is 4. The van der Waals surface area contributed by atoms with Crippen molar-refractivity contribution < 1.29 is 4.79 Å². The Kier molecular flexibility index (Phi) is 4.16. The number of thiazole rings is 1. The van der Waals surface area contributed by atoms with Crippen LogP contribution in [0.2, 0.25) is 0 Å². The van der Waals surface area contributed by atoms with E-state index in [9.17, 15) is 4.79 Å². The second-order valence-corrected chi connectivity index (χ2v) is 6.49. The minimum Gasteiger partial charge on any atom is -0.303 e. The molecular weight excluding hydrogens is 312 g/mol. The third-order valence-corrected chi connectivity index (χ3v) is 4.67. The summed E-state index contributed by atoms with van der Waals surface area (Å²) < 4.78 is 0. The fraction of sp³-hybridized carbons (Fsp3) is 0.267. The predicted octanol–water partition coefficient (Wildman–Crippen LogP) is 3.01. The molecule has 118 valence electrons. The zero-order valence-corrected chi connectivity index (χ0v) is 13.8. The van der Waals surface area contributed by atoms with Gasteiger partial charge < -0.3 is 5.32 Å². The third kappa shape index (κ3) is 3.26. The number of aryl methyl sites for hydroxylation is 1. The van der Waals surface area contributed by atoms with E-state index in [0.717, 1.165) is 15.4 Å². The Morgan fingerprint density at radius 1 is 1.26 bits per heavy atom. The van der Waals surface area contributed by atoms with E-state index in [-0.39, 0.29) is 11.7 Å². The first kappa shape index (κ1) is 15.3. The second-order valence-electron chi connectivity index (χ2n) is 5.46. The largest absolute Gasteiger partial charge is 0.303 e. The highest BCUT2D eigenvalue weighted by molar-refractivity contribution is 7.15. The molecule has 1 aromatic carbocycles. The number of nitrogens with one attached hydrogen (secondary N) is 2. The number of tetrazole rings is 1.